The van der Waals surface area contributed by atoms with Crippen molar-refractivity contribution < 1.29 is 9.53 Å². The van der Waals surface area contributed by atoms with Gasteiger partial charge >= 0.3 is 6.09 Å². The molecule has 5 nitrogen and oxygen atoms in total. The molecule has 0 radical (unpaired) electrons. The zero-order valence-corrected chi connectivity index (χ0v) is 14.2. The average Bonchev–Trinajstić information content (AvgIpc) is 2.87. The number of cyclic esters (lactones) is 1. The molecule has 1 saturated heterocycles. The number of hydrogen-bond acceptors (Lipinski definition) is 4. The van der Waals surface area contributed by atoms with E-state index in [-0.39, 0.29) is 12.2 Å². The van der Waals surface area contributed by atoms with E-state index < -0.39 is 0 Å². The first-order valence-corrected chi connectivity index (χ1v) is 8.22. The minimum atomic E-state index is -0.221. The maximum absolute atomic E-state index is 11.7. The van der Waals surface area contributed by atoms with E-state index in [1.54, 1.807) is 4.90 Å². The van der Waals surface area contributed by atoms with Crippen LogP contribution >= 0.6 is 0 Å². The van der Waals surface area contributed by atoms with Crippen LogP contribution in [0.1, 0.15) is 23.7 Å². The number of aromatic nitrogens is 1. The van der Waals surface area contributed by atoms with Gasteiger partial charge in [-0.1, -0.05) is 30.3 Å². The van der Waals surface area contributed by atoms with Crippen LogP contribution in [0.15, 0.2) is 48.7 Å². The van der Waals surface area contributed by atoms with Gasteiger partial charge in [0.1, 0.15) is 6.10 Å². The molecule has 0 spiro atoms. The van der Waals surface area contributed by atoms with E-state index >= 15 is 0 Å². The molecule has 1 aliphatic rings. The Balaban J connectivity index is 1.53. The molecule has 126 valence electrons. The van der Waals surface area contributed by atoms with Crippen molar-refractivity contribution in [1.29, 1.82) is 0 Å². The first kappa shape index (κ1) is 16.5. The molecule has 0 aliphatic carbocycles. The summed E-state index contributed by atoms with van der Waals surface area (Å²) in [7, 11) is 2.09. The van der Waals surface area contributed by atoms with Gasteiger partial charge in [0.15, 0.2) is 0 Å². The maximum Gasteiger partial charge on any atom is 0.410 e. The van der Waals surface area contributed by atoms with Gasteiger partial charge in [-0.2, -0.15) is 0 Å². The van der Waals surface area contributed by atoms with Crippen molar-refractivity contribution in [1.82, 2.24) is 14.8 Å². The lowest BCUT2D eigenvalue weighted by Gasteiger charge is -2.17. The highest BCUT2D eigenvalue weighted by Gasteiger charge is 2.27. The topological polar surface area (TPSA) is 45.7 Å². The molecular formula is C19H23N3O2. The SMILES string of the molecule is CC1CN(Cc2ccc(CN(C)Cc3ccccn3)cc2)C(=O)O1. The highest BCUT2D eigenvalue weighted by Crippen LogP contribution is 2.16. The molecule has 1 aliphatic heterocycles. The standard InChI is InChI=1S/C19H23N3O2/c1-15-11-22(19(23)24-15)13-17-8-6-16(7-9-17)12-21(2)14-18-5-3-4-10-20-18/h3-10,15H,11-14H2,1-2H3. The van der Waals surface area contributed by atoms with Crippen LogP contribution in [-0.4, -0.2) is 40.6 Å². The van der Waals surface area contributed by atoms with E-state index in [0.29, 0.717) is 13.1 Å². The Morgan fingerprint density at radius 2 is 1.92 bits per heavy atom. The van der Waals surface area contributed by atoms with Crippen LogP contribution in [0.3, 0.4) is 0 Å². The number of ether oxygens (including phenoxy) is 1. The van der Waals surface area contributed by atoms with Gasteiger partial charge < -0.3 is 9.64 Å². The van der Waals surface area contributed by atoms with Crippen LogP contribution < -0.4 is 0 Å². The Hall–Kier alpha value is -2.40. The summed E-state index contributed by atoms with van der Waals surface area (Å²) in [6.45, 7) is 4.86. The van der Waals surface area contributed by atoms with Crippen molar-refractivity contribution in [3.8, 4) is 0 Å². The molecule has 0 N–H and O–H groups in total. The summed E-state index contributed by atoms with van der Waals surface area (Å²) in [6, 6.07) is 14.4. The van der Waals surface area contributed by atoms with Crippen LogP contribution in [0, 0.1) is 0 Å². The van der Waals surface area contributed by atoms with Crippen LogP contribution in [0.2, 0.25) is 0 Å². The predicted octanol–water partition coefficient (Wildman–Crippen LogP) is 3.05. The molecule has 3 rings (SSSR count). The highest BCUT2D eigenvalue weighted by molar-refractivity contribution is 5.69. The monoisotopic (exact) mass is 325 g/mol. The van der Waals surface area contributed by atoms with Gasteiger partial charge in [0.05, 0.1) is 12.2 Å². The third-order valence-corrected chi connectivity index (χ3v) is 4.04. The summed E-state index contributed by atoms with van der Waals surface area (Å²) in [6.07, 6.45) is 1.58. The number of rotatable bonds is 6. The molecule has 1 unspecified atom stereocenters. The van der Waals surface area contributed by atoms with Crippen LogP contribution in [-0.2, 0) is 24.4 Å². The third kappa shape index (κ3) is 4.32. The second-order valence-electron chi connectivity index (χ2n) is 6.38. The summed E-state index contributed by atoms with van der Waals surface area (Å²) in [4.78, 5) is 20.0. The number of hydrogen-bond donors (Lipinski definition) is 0. The van der Waals surface area contributed by atoms with Crippen LogP contribution in [0.4, 0.5) is 4.79 Å². The number of carbonyl (C=O) groups excluding carboxylic acids is 1. The van der Waals surface area contributed by atoms with Crippen molar-refractivity contribution in [2.75, 3.05) is 13.6 Å². The van der Waals surface area contributed by atoms with E-state index in [4.69, 9.17) is 4.74 Å². The largest absolute Gasteiger partial charge is 0.444 e. The fourth-order valence-corrected chi connectivity index (χ4v) is 2.90. The minimum Gasteiger partial charge on any atom is -0.444 e. The molecule has 2 heterocycles. The number of benzene rings is 1. The Bertz CT molecular complexity index is 673. The lowest BCUT2D eigenvalue weighted by Crippen LogP contribution is -2.24. The Labute approximate surface area is 142 Å². The molecule has 2 aromatic rings. The van der Waals surface area contributed by atoms with Crippen molar-refractivity contribution in [3.63, 3.8) is 0 Å². The van der Waals surface area contributed by atoms with E-state index in [1.165, 1.54) is 5.56 Å². The van der Waals surface area contributed by atoms with E-state index in [1.807, 2.05) is 31.3 Å². The summed E-state index contributed by atoms with van der Waals surface area (Å²) in [5.41, 5.74) is 3.44. The summed E-state index contributed by atoms with van der Waals surface area (Å²) >= 11 is 0. The minimum absolute atomic E-state index is 0.0166. The third-order valence-electron chi connectivity index (χ3n) is 4.04. The van der Waals surface area contributed by atoms with Gasteiger partial charge in [-0.3, -0.25) is 9.88 Å². The van der Waals surface area contributed by atoms with Gasteiger partial charge in [0.2, 0.25) is 0 Å². The Morgan fingerprint density at radius 3 is 2.54 bits per heavy atom. The molecule has 1 aromatic carbocycles. The summed E-state index contributed by atoms with van der Waals surface area (Å²) in [5, 5.41) is 0. The second-order valence-corrected chi connectivity index (χ2v) is 6.38. The van der Waals surface area contributed by atoms with Crippen LogP contribution in [0.25, 0.3) is 0 Å². The molecule has 24 heavy (non-hydrogen) atoms. The zero-order valence-electron chi connectivity index (χ0n) is 14.2. The van der Waals surface area contributed by atoms with Crippen molar-refractivity contribution in [2.24, 2.45) is 0 Å². The maximum atomic E-state index is 11.7. The molecule has 5 heteroatoms. The predicted molar refractivity (Wildman–Crippen MR) is 92.2 cm³/mol. The summed E-state index contributed by atoms with van der Waals surface area (Å²) < 4.78 is 5.15. The molecular weight excluding hydrogens is 302 g/mol. The fourth-order valence-electron chi connectivity index (χ4n) is 2.90. The van der Waals surface area contributed by atoms with Crippen LogP contribution in [0.5, 0.6) is 0 Å². The smallest absolute Gasteiger partial charge is 0.410 e. The molecule has 1 amide bonds. The zero-order chi connectivity index (χ0) is 16.9. The van der Waals surface area contributed by atoms with Gasteiger partial charge in [-0.25, -0.2) is 4.79 Å². The Kier molecular flexibility index (Phi) is 5.11. The number of amides is 1. The molecule has 0 saturated carbocycles. The highest BCUT2D eigenvalue weighted by atomic mass is 16.6. The molecule has 0 bridgehead atoms. The van der Waals surface area contributed by atoms with Gasteiger partial charge in [-0.05, 0) is 37.2 Å². The molecule has 1 atom stereocenters. The van der Waals surface area contributed by atoms with Gasteiger partial charge in [0, 0.05) is 25.8 Å². The van der Waals surface area contributed by atoms with Gasteiger partial charge in [0.25, 0.3) is 0 Å². The van der Waals surface area contributed by atoms with Gasteiger partial charge in [-0.15, -0.1) is 0 Å². The van der Waals surface area contributed by atoms with Crippen molar-refractivity contribution in [3.05, 3.63) is 65.5 Å². The Morgan fingerprint density at radius 1 is 1.17 bits per heavy atom. The number of nitrogens with zero attached hydrogens (tertiary/aromatic N) is 3. The molecule has 1 fully saturated rings. The van der Waals surface area contributed by atoms with Crippen molar-refractivity contribution >= 4 is 6.09 Å². The number of carbonyl (C=O) groups is 1. The first-order chi connectivity index (χ1) is 11.6. The summed E-state index contributed by atoms with van der Waals surface area (Å²) in [5.74, 6) is 0. The second kappa shape index (κ2) is 7.45. The van der Waals surface area contributed by atoms with E-state index in [0.717, 1.165) is 24.3 Å². The lowest BCUT2D eigenvalue weighted by atomic mass is 10.1. The van der Waals surface area contributed by atoms with E-state index in [2.05, 4.69) is 41.2 Å². The lowest BCUT2D eigenvalue weighted by molar-refractivity contribution is 0.137. The van der Waals surface area contributed by atoms with E-state index in [9.17, 15) is 4.79 Å². The molecule has 1 aromatic heterocycles. The first-order valence-electron chi connectivity index (χ1n) is 8.22. The quantitative estimate of drug-likeness (QED) is 0.819. The fraction of sp³-hybridized carbons (Fsp3) is 0.368. The normalized spacial score (nSPS) is 17.4. The number of pyridine rings is 1. The van der Waals surface area contributed by atoms with Crippen molar-refractivity contribution in [2.45, 2.75) is 32.7 Å². The average molecular weight is 325 g/mol.